The average molecular weight is 1030 g/mol. The van der Waals surface area contributed by atoms with Crippen molar-refractivity contribution in [3.05, 3.63) is 93.3 Å². The molecule has 0 bridgehead atoms. The van der Waals surface area contributed by atoms with Crippen molar-refractivity contribution in [1.82, 2.24) is 30.7 Å². The van der Waals surface area contributed by atoms with Gasteiger partial charge in [-0.25, -0.2) is 4.98 Å². The lowest BCUT2D eigenvalue weighted by molar-refractivity contribution is -0.141. The number of nitrogens with zero attached hydrogens (tertiary/aromatic N) is 4. The number of hydrogen-bond donors (Lipinski definition) is 5. The quantitative estimate of drug-likeness (QED) is 0.0374. The number of rotatable bonds is 14. The number of aromatic nitrogens is 1. The lowest BCUT2D eigenvalue weighted by Gasteiger charge is -2.36. The molecule has 0 aliphatic carbocycles. The molecule has 3 unspecified atom stereocenters. The monoisotopic (exact) mass is 1030 g/mol. The normalized spacial score (nSPS) is 17.7. The van der Waals surface area contributed by atoms with Crippen LogP contribution < -0.4 is 20.9 Å². The molecule has 0 radical (unpaired) electrons. The lowest BCUT2D eigenvalue weighted by Crippen LogP contribution is -2.58. The summed E-state index contributed by atoms with van der Waals surface area (Å²) in [5.74, 6) is 3.16. The number of benzene rings is 3. The number of piperidine rings is 1. The highest BCUT2D eigenvalue weighted by atomic mass is 32.1. The molecule has 5 heterocycles. The smallest absolute Gasteiger partial charge is 0.356 e. The number of carbonyl (C=O) groups is 7. The Morgan fingerprint density at radius 2 is 1.80 bits per heavy atom. The molecule has 2 aromatic heterocycles. The van der Waals surface area contributed by atoms with Crippen LogP contribution in [0.5, 0.6) is 0 Å². The van der Waals surface area contributed by atoms with Gasteiger partial charge >= 0.3 is 13.3 Å². The first kappa shape index (κ1) is 50.9. The van der Waals surface area contributed by atoms with E-state index in [9.17, 15) is 56.7 Å². The third kappa shape index (κ3) is 10.8. The summed E-state index contributed by atoms with van der Waals surface area (Å²) in [6.07, 6.45) is 2.06. The van der Waals surface area contributed by atoms with E-state index in [0.717, 1.165) is 28.2 Å². The molecule has 17 nitrogen and oxygen atoms in total. The van der Waals surface area contributed by atoms with Gasteiger partial charge < -0.3 is 35.1 Å². The van der Waals surface area contributed by atoms with Crippen LogP contribution in [0.3, 0.4) is 0 Å². The molecule has 71 heavy (non-hydrogen) atoms. The molecule has 5 aromatic rings. The number of halogens is 2. The van der Waals surface area contributed by atoms with Crippen molar-refractivity contribution in [2.75, 3.05) is 24.5 Å². The zero-order valence-corrected chi connectivity index (χ0v) is 41.4. The van der Waals surface area contributed by atoms with Crippen LogP contribution >= 0.6 is 30.3 Å². The van der Waals surface area contributed by atoms with Gasteiger partial charge in [-0.15, -0.1) is 22.7 Å². The van der Waals surface area contributed by atoms with Gasteiger partial charge in [0, 0.05) is 72.5 Å². The number of likely N-dealkylation sites (tertiary alicyclic amines) is 1. The number of thiophene rings is 1. The van der Waals surface area contributed by atoms with Crippen LogP contribution in [0.1, 0.15) is 102 Å². The van der Waals surface area contributed by atoms with E-state index in [1.807, 2.05) is 6.07 Å². The zero-order chi connectivity index (χ0) is 51.0. The Balaban J connectivity index is 0.905. The highest BCUT2D eigenvalue weighted by Gasteiger charge is 2.50. The Bertz CT molecular complexity index is 3100. The maximum absolute atomic E-state index is 14.7. The number of carbonyl (C=O) groups excluding carboxylic acids is 7. The maximum Gasteiger partial charge on any atom is 0.399 e. The van der Waals surface area contributed by atoms with E-state index in [0.29, 0.717) is 64.8 Å². The molecule has 3 aliphatic heterocycles. The van der Waals surface area contributed by atoms with Crippen LogP contribution in [-0.4, -0.2) is 104 Å². The standard InChI is InChI=1S/C49H50F2N7O10PS2/c1-48(2,3)42(55-44(62)39-24-29-23-30(13-16-37(29)71-39)49(50,51)69(66,67)68)47(65)57-21-8-12-36(57)46(64)56(31-14-17-38-34(25-31)53-27-70-38)22-19-40(59)52-20-6-4-5-9-28-10-7-11-32-33(28)26-58(45(32)63)35-15-18-41(60)54-43(35)61/h7,10-11,13-14,16-17,23-25,27,35-36,42H,4,6,8,12,15,18-22,26H2,1-3H3,(H,52,59)(H,55,62)(H,54,60,61)(H2,66,67,68). The van der Waals surface area contributed by atoms with Crippen LogP contribution in [0.4, 0.5) is 14.5 Å². The average Bonchev–Trinajstić information content (AvgIpc) is 4.15. The van der Waals surface area contributed by atoms with Crippen molar-refractivity contribution in [3.8, 4) is 11.8 Å². The summed E-state index contributed by atoms with van der Waals surface area (Å²) in [6, 6.07) is 12.1. The van der Waals surface area contributed by atoms with Gasteiger partial charge in [0.25, 0.3) is 11.8 Å². The number of anilines is 1. The number of amides is 7. The van der Waals surface area contributed by atoms with Gasteiger partial charge in [-0.2, -0.15) is 8.78 Å². The van der Waals surface area contributed by atoms with Gasteiger partial charge in [-0.05, 0) is 90.6 Å². The van der Waals surface area contributed by atoms with Crippen molar-refractivity contribution >= 4 is 97.6 Å². The van der Waals surface area contributed by atoms with E-state index in [-0.39, 0.29) is 66.9 Å². The highest BCUT2D eigenvalue weighted by Crippen LogP contribution is 2.59. The fourth-order valence-corrected chi connectivity index (χ4v) is 11.0. The third-order valence-corrected chi connectivity index (χ3v) is 15.6. The highest BCUT2D eigenvalue weighted by molar-refractivity contribution is 7.52. The fourth-order valence-electron chi connectivity index (χ4n) is 8.94. The van der Waals surface area contributed by atoms with E-state index in [1.165, 1.54) is 38.2 Å². The van der Waals surface area contributed by atoms with Gasteiger partial charge in [0.05, 0.1) is 20.6 Å². The summed E-state index contributed by atoms with van der Waals surface area (Å²) in [6.45, 7) is 5.93. The number of imide groups is 1. The molecular weight excluding hydrogens is 980 g/mol. The first-order chi connectivity index (χ1) is 33.6. The zero-order valence-electron chi connectivity index (χ0n) is 38.8. The van der Waals surface area contributed by atoms with Crippen molar-refractivity contribution in [2.24, 2.45) is 5.41 Å². The molecule has 22 heteroatoms. The molecule has 0 saturated carbocycles. The summed E-state index contributed by atoms with van der Waals surface area (Å²) in [7, 11) is -5.84. The molecule has 8 rings (SSSR count). The molecule has 2 saturated heterocycles. The van der Waals surface area contributed by atoms with E-state index in [2.05, 4.69) is 32.8 Å². The van der Waals surface area contributed by atoms with Gasteiger partial charge in [0.15, 0.2) is 0 Å². The predicted molar refractivity (Wildman–Crippen MR) is 261 cm³/mol. The molecule has 5 N–H and O–H groups in total. The summed E-state index contributed by atoms with van der Waals surface area (Å²) in [5.41, 5.74) is -1.58. The molecular formula is C49H50F2N7O10PS2. The summed E-state index contributed by atoms with van der Waals surface area (Å²) in [4.78, 5) is 121. The van der Waals surface area contributed by atoms with Crippen molar-refractivity contribution < 1.29 is 56.7 Å². The molecule has 372 valence electrons. The summed E-state index contributed by atoms with van der Waals surface area (Å²) < 4.78 is 41.8. The lowest BCUT2D eigenvalue weighted by atomic mass is 9.85. The maximum atomic E-state index is 14.7. The Morgan fingerprint density at radius 1 is 1.03 bits per heavy atom. The van der Waals surface area contributed by atoms with Gasteiger partial charge in [-0.3, -0.25) is 43.4 Å². The van der Waals surface area contributed by atoms with Crippen molar-refractivity contribution in [1.29, 1.82) is 0 Å². The minimum Gasteiger partial charge on any atom is -0.356 e. The Labute approximate surface area is 414 Å². The SMILES string of the molecule is CC(C)(C)C(NC(=O)c1cc2cc(C(F)(F)P(=O)(O)O)ccc2s1)C(=O)N1CCCC1C(=O)N(CCC(=O)NCCCC#Cc1cccc2c1CN(C1CCC(=O)NC1=O)C2=O)c1ccc2scnc2c1. The number of hydrogen-bond acceptors (Lipinski definition) is 11. The number of thiazole rings is 1. The Morgan fingerprint density at radius 3 is 2.55 bits per heavy atom. The molecule has 7 amide bonds. The number of nitrogens with one attached hydrogen (secondary N) is 3. The molecule has 0 spiro atoms. The summed E-state index contributed by atoms with van der Waals surface area (Å²) >= 11 is 2.38. The third-order valence-electron chi connectivity index (χ3n) is 12.7. The first-order valence-corrected chi connectivity index (χ1v) is 26.2. The second kappa shape index (κ2) is 20.4. The van der Waals surface area contributed by atoms with E-state index < -0.39 is 66.0 Å². The minimum atomic E-state index is -5.84. The van der Waals surface area contributed by atoms with Crippen LogP contribution in [-0.2, 0) is 40.7 Å². The number of unbranched alkanes of at least 4 members (excludes halogenated alkanes) is 1. The Kier molecular flexibility index (Phi) is 14.6. The van der Waals surface area contributed by atoms with Gasteiger partial charge in [0.1, 0.15) is 18.1 Å². The topological polar surface area (TPSA) is 236 Å². The van der Waals surface area contributed by atoms with E-state index >= 15 is 0 Å². The second-order valence-electron chi connectivity index (χ2n) is 18.6. The van der Waals surface area contributed by atoms with E-state index in [4.69, 9.17) is 0 Å². The minimum absolute atomic E-state index is 0.0283. The predicted octanol–water partition coefficient (Wildman–Crippen LogP) is 6.01. The number of fused-ring (bicyclic) bond motifs is 3. The molecule has 3 aromatic carbocycles. The van der Waals surface area contributed by atoms with Gasteiger partial charge in [-0.1, -0.05) is 44.7 Å². The van der Waals surface area contributed by atoms with Crippen LogP contribution in [0.25, 0.3) is 20.3 Å². The van der Waals surface area contributed by atoms with Crippen LogP contribution in [0.15, 0.2) is 66.2 Å². The Hall–Kier alpha value is -6.43. The fraction of sp³-hybridized carbons (Fsp3) is 0.388. The van der Waals surface area contributed by atoms with Crippen molar-refractivity contribution in [3.63, 3.8) is 0 Å². The van der Waals surface area contributed by atoms with Crippen molar-refractivity contribution in [2.45, 2.75) is 96.1 Å². The van der Waals surface area contributed by atoms with Gasteiger partial charge in [0.2, 0.25) is 29.5 Å². The summed E-state index contributed by atoms with van der Waals surface area (Å²) in [5, 5.41) is 8.16. The molecule has 3 aliphatic rings. The molecule has 3 atom stereocenters. The largest absolute Gasteiger partial charge is 0.399 e. The van der Waals surface area contributed by atoms with E-state index in [1.54, 1.807) is 56.6 Å². The number of alkyl halides is 2. The second-order valence-corrected chi connectivity index (χ2v) is 22.3. The molecule has 2 fully saturated rings. The van der Waals surface area contributed by atoms with Crippen LogP contribution in [0.2, 0.25) is 0 Å². The van der Waals surface area contributed by atoms with Crippen LogP contribution in [0, 0.1) is 17.3 Å². The first-order valence-electron chi connectivity index (χ1n) is 22.9.